The van der Waals surface area contributed by atoms with Crippen molar-refractivity contribution in [2.75, 3.05) is 32.4 Å². The fraction of sp³-hybridized carbons (Fsp3) is 0.400. The van der Waals surface area contributed by atoms with Crippen molar-refractivity contribution >= 4 is 27.0 Å². The number of amidine groups is 1. The molecule has 0 atom stereocenters. The number of hydrogen-bond acceptors (Lipinski definition) is 4. The van der Waals surface area contributed by atoms with Gasteiger partial charge in [-0.05, 0) is 42.4 Å². The molecule has 1 aliphatic rings. The third kappa shape index (κ3) is 6.03. The third-order valence-electron chi connectivity index (χ3n) is 5.66. The molecule has 0 amide bonds. The second kappa shape index (κ2) is 10.7. The van der Waals surface area contributed by atoms with E-state index >= 15 is 0 Å². The summed E-state index contributed by atoms with van der Waals surface area (Å²) in [5, 5.41) is 0.889. The SMILES string of the molecule is C=C(Cc1ccc(C)cc1)N=C(SC)N1CCN(S(=O)(=O)c2ccc(C(C)C)cc2)CC1. The number of rotatable bonds is 6. The quantitative estimate of drug-likeness (QED) is 0.444. The molecule has 1 aliphatic heterocycles. The number of sulfonamides is 1. The van der Waals surface area contributed by atoms with E-state index < -0.39 is 10.0 Å². The van der Waals surface area contributed by atoms with Gasteiger partial charge in [-0.1, -0.05) is 74.1 Å². The smallest absolute Gasteiger partial charge is 0.243 e. The highest BCUT2D eigenvalue weighted by Crippen LogP contribution is 2.22. The average molecular weight is 472 g/mol. The van der Waals surface area contributed by atoms with Gasteiger partial charge in [0.2, 0.25) is 10.0 Å². The minimum atomic E-state index is -3.49. The van der Waals surface area contributed by atoms with Crippen LogP contribution in [-0.2, 0) is 16.4 Å². The summed E-state index contributed by atoms with van der Waals surface area (Å²) in [6.45, 7) is 12.5. The van der Waals surface area contributed by atoms with Gasteiger partial charge in [-0.2, -0.15) is 4.31 Å². The number of aryl methyl sites for hydroxylation is 1. The lowest BCUT2D eigenvalue weighted by molar-refractivity contribution is 0.269. The van der Waals surface area contributed by atoms with Crippen LogP contribution in [0.25, 0.3) is 0 Å². The summed E-state index contributed by atoms with van der Waals surface area (Å²) in [5.41, 5.74) is 4.36. The lowest BCUT2D eigenvalue weighted by Crippen LogP contribution is -2.49. The topological polar surface area (TPSA) is 53.0 Å². The number of nitrogens with zero attached hydrogens (tertiary/aromatic N) is 3. The van der Waals surface area contributed by atoms with E-state index in [0.29, 0.717) is 43.4 Å². The number of hydrogen-bond donors (Lipinski definition) is 0. The zero-order valence-electron chi connectivity index (χ0n) is 19.4. The molecule has 0 unspecified atom stereocenters. The van der Waals surface area contributed by atoms with Gasteiger partial charge in [-0.3, -0.25) is 0 Å². The van der Waals surface area contributed by atoms with Crippen molar-refractivity contribution in [2.45, 2.75) is 38.0 Å². The molecule has 2 aromatic carbocycles. The van der Waals surface area contributed by atoms with E-state index in [0.717, 1.165) is 16.4 Å². The molecule has 2 aromatic rings. The molecule has 0 saturated carbocycles. The van der Waals surface area contributed by atoms with Gasteiger partial charge in [0.05, 0.1) is 4.90 Å². The Labute approximate surface area is 197 Å². The minimum Gasteiger partial charge on any atom is -0.349 e. The molecule has 5 nitrogen and oxygen atoms in total. The zero-order valence-corrected chi connectivity index (χ0v) is 21.0. The van der Waals surface area contributed by atoms with Crippen LogP contribution in [0.4, 0.5) is 0 Å². The highest BCUT2D eigenvalue weighted by molar-refractivity contribution is 8.13. The minimum absolute atomic E-state index is 0.362. The molecule has 0 bridgehead atoms. The van der Waals surface area contributed by atoms with E-state index in [-0.39, 0.29) is 0 Å². The fourth-order valence-electron chi connectivity index (χ4n) is 3.66. The number of thioether (sulfide) groups is 1. The standard InChI is InChI=1S/C25H33N3O2S2/c1-19(2)23-10-12-24(13-11-23)32(29,30)28-16-14-27(15-17-28)25(31-5)26-21(4)18-22-8-6-20(3)7-9-22/h6-13,19H,4,14-18H2,1-3,5H3. The Morgan fingerprint density at radius 2 is 1.62 bits per heavy atom. The van der Waals surface area contributed by atoms with Gasteiger partial charge in [-0.15, -0.1) is 0 Å². The van der Waals surface area contributed by atoms with E-state index in [2.05, 4.69) is 56.5 Å². The van der Waals surface area contributed by atoms with Crippen LogP contribution in [0.2, 0.25) is 0 Å². The predicted molar refractivity (Wildman–Crippen MR) is 136 cm³/mol. The lowest BCUT2D eigenvalue weighted by atomic mass is 10.0. The van der Waals surface area contributed by atoms with Gasteiger partial charge in [0.15, 0.2) is 5.17 Å². The van der Waals surface area contributed by atoms with E-state index in [1.54, 1.807) is 28.2 Å². The number of allylic oxidation sites excluding steroid dienone is 1. The molecule has 0 N–H and O–H groups in total. The molecule has 1 saturated heterocycles. The number of piperazine rings is 1. The first-order valence-electron chi connectivity index (χ1n) is 10.9. The van der Waals surface area contributed by atoms with Gasteiger partial charge < -0.3 is 4.90 Å². The molecule has 32 heavy (non-hydrogen) atoms. The highest BCUT2D eigenvalue weighted by atomic mass is 32.2. The van der Waals surface area contributed by atoms with Gasteiger partial charge in [0, 0.05) is 38.3 Å². The summed E-state index contributed by atoms with van der Waals surface area (Å²) in [4.78, 5) is 7.26. The maximum atomic E-state index is 13.1. The summed E-state index contributed by atoms with van der Waals surface area (Å²) < 4.78 is 27.7. The Hall–Kier alpha value is -2.09. The first-order chi connectivity index (χ1) is 15.2. The maximum Gasteiger partial charge on any atom is 0.243 e. The van der Waals surface area contributed by atoms with Crippen molar-refractivity contribution in [1.29, 1.82) is 0 Å². The van der Waals surface area contributed by atoms with Crippen LogP contribution in [0.1, 0.15) is 36.5 Å². The van der Waals surface area contributed by atoms with Crippen LogP contribution in [0.3, 0.4) is 0 Å². The van der Waals surface area contributed by atoms with E-state index in [1.807, 2.05) is 18.4 Å². The zero-order chi connectivity index (χ0) is 23.3. The normalized spacial score (nSPS) is 15.9. The van der Waals surface area contributed by atoms with Crippen LogP contribution < -0.4 is 0 Å². The fourth-order valence-corrected chi connectivity index (χ4v) is 5.74. The molecule has 1 fully saturated rings. The van der Waals surface area contributed by atoms with E-state index in [4.69, 9.17) is 4.99 Å². The van der Waals surface area contributed by atoms with Gasteiger partial charge in [0.1, 0.15) is 0 Å². The lowest BCUT2D eigenvalue weighted by Gasteiger charge is -2.35. The molecule has 0 spiro atoms. The molecule has 1 heterocycles. The van der Waals surface area contributed by atoms with Crippen molar-refractivity contribution in [3.8, 4) is 0 Å². The van der Waals surface area contributed by atoms with E-state index in [1.165, 1.54) is 11.1 Å². The molecule has 7 heteroatoms. The second-order valence-electron chi connectivity index (χ2n) is 8.44. The van der Waals surface area contributed by atoms with Gasteiger partial charge >= 0.3 is 0 Å². The van der Waals surface area contributed by atoms with Crippen LogP contribution in [0.15, 0.2) is 70.7 Å². The summed E-state index contributed by atoms with van der Waals surface area (Å²) in [5.74, 6) is 0.375. The van der Waals surface area contributed by atoms with Gasteiger partial charge in [0.25, 0.3) is 0 Å². The predicted octanol–water partition coefficient (Wildman–Crippen LogP) is 4.90. The van der Waals surface area contributed by atoms with Crippen molar-refractivity contribution in [3.63, 3.8) is 0 Å². The second-order valence-corrected chi connectivity index (χ2v) is 11.2. The van der Waals surface area contributed by atoms with Gasteiger partial charge in [-0.25, -0.2) is 13.4 Å². The van der Waals surface area contributed by atoms with Crippen LogP contribution in [-0.4, -0.2) is 55.2 Å². The first-order valence-corrected chi connectivity index (χ1v) is 13.6. The Morgan fingerprint density at radius 3 is 2.16 bits per heavy atom. The van der Waals surface area contributed by atoms with Crippen LogP contribution in [0.5, 0.6) is 0 Å². The molecule has 0 radical (unpaired) electrons. The summed E-state index contributed by atoms with van der Waals surface area (Å²) in [7, 11) is -3.49. The monoisotopic (exact) mass is 471 g/mol. The summed E-state index contributed by atoms with van der Waals surface area (Å²) >= 11 is 1.57. The Balaban J connectivity index is 1.63. The highest BCUT2D eigenvalue weighted by Gasteiger charge is 2.29. The van der Waals surface area contributed by atoms with Crippen molar-refractivity contribution in [2.24, 2.45) is 4.99 Å². The Kier molecular flexibility index (Phi) is 8.20. The number of benzene rings is 2. The molecular weight excluding hydrogens is 438 g/mol. The van der Waals surface area contributed by atoms with Crippen LogP contribution in [0, 0.1) is 6.92 Å². The Morgan fingerprint density at radius 1 is 1.03 bits per heavy atom. The molecular formula is C25H33N3O2S2. The summed E-state index contributed by atoms with van der Waals surface area (Å²) in [6, 6.07) is 15.7. The maximum absolute atomic E-state index is 13.1. The molecule has 0 aromatic heterocycles. The van der Waals surface area contributed by atoms with Crippen molar-refractivity contribution < 1.29 is 8.42 Å². The first kappa shape index (κ1) is 24.6. The Bertz CT molecular complexity index is 1050. The number of aliphatic imine (C=N–C) groups is 1. The average Bonchev–Trinajstić information content (AvgIpc) is 2.79. The van der Waals surface area contributed by atoms with E-state index in [9.17, 15) is 8.42 Å². The largest absolute Gasteiger partial charge is 0.349 e. The van der Waals surface area contributed by atoms with Crippen molar-refractivity contribution in [1.82, 2.24) is 9.21 Å². The molecule has 0 aliphatic carbocycles. The molecule has 172 valence electrons. The third-order valence-corrected chi connectivity index (χ3v) is 8.29. The molecule has 3 rings (SSSR count). The summed E-state index contributed by atoms with van der Waals surface area (Å²) in [6.07, 6.45) is 2.70. The van der Waals surface area contributed by atoms with Crippen molar-refractivity contribution in [3.05, 3.63) is 77.5 Å². The van der Waals surface area contributed by atoms with Crippen LogP contribution >= 0.6 is 11.8 Å².